The molecule has 4 rings (SSSR count). The lowest BCUT2D eigenvalue weighted by Crippen LogP contribution is -2.26. The molecular formula is C17H17Cl2N3O3S. The summed E-state index contributed by atoms with van der Waals surface area (Å²) in [7, 11) is -3.07. The summed E-state index contributed by atoms with van der Waals surface area (Å²) >= 11 is 12.8. The molecule has 0 aliphatic carbocycles. The van der Waals surface area contributed by atoms with E-state index in [4.69, 9.17) is 23.2 Å². The number of fused-ring (bicyclic) bond motifs is 1. The van der Waals surface area contributed by atoms with Crippen molar-refractivity contribution in [1.29, 1.82) is 0 Å². The first-order valence-electron chi connectivity index (χ1n) is 8.30. The van der Waals surface area contributed by atoms with Crippen LogP contribution in [0.1, 0.15) is 41.6 Å². The van der Waals surface area contributed by atoms with Crippen molar-refractivity contribution in [2.24, 2.45) is 0 Å². The Morgan fingerprint density at radius 3 is 2.54 bits per heavy atom. The molecule has 1 N–H and O–H groups in total. The van der Waals surface area contributed by atoms with Crippen LogP contribution in [0.2, 0.25) is 10.0 Å². The van der Waals surface area contributed by atoms with Crippen LogP contribution >= 0.6 is 23.2 Å². The molecule has 6 nitrogen and oxygen atoms in total. The number of amides is 1. The molecule has 2 aliphatic heterocycles. The number of sulfone groups is 1. The van der Waals surface area contributed by atoms with Crippen LogP contribution in [0.3, 0.4) is 0 Å². The van der Waals surface area contributed by atoms with Crippen LogP contribution in [0.15, 0.2) is 18.2 Å². The third-order valence-electron chi connectivity index (χ3n) is 5.03. The number of halogens is 2. The van der Waals surface area contributed by atoms with Crippen molar-refractivity contribution in [3.63, 3.8) is 0 Å². The quantitative estimate of drug-likeness (QED) is 0.818. The highest BCUT2D eigenvalue weighted by atomic mass is 35.5. The van der Waals surface area contributed by atoms with Crippen LogP contribution in [0.25, 0.3) is 0 Å². The van der Waals surface area contributed by atoms with Crippen molar-refractivity contribution in [3.05, 3.63) is 45.1 Å². The van der Waals surface area contributed by atoms with Gasteiger partial charge in [-0.2, -0.15) is 5.10 Å². The van der Waals surface area contributed by atoms with Gasteiger partial charge in [-0.05, 0) is 31.0 Å². The number of benzene rings is 1. The van der Waals surface area contributed by atoms with Gasteiger partial charge in [-0.3, -0.25) is 4.79 Å². The number of nitrogens with zero attached hydrogens (tertiary/aromatic N) is 2. The minimum atomic E-state index is -3.07. The van der Waals surface area contributed by atoms with Crippen LogP contribution in [0, 0.1) is 6.92 Å². The molecule has 0 bridgehead atoms. The van der Waals surface area contributed by atoms with Crippen LogP contribution in [0.5, 0.6) is 0 Å². The van der Waals surface area contributed by atoms with Crippen molar-refractivity contribution in [3.8, 4) is 0 Å². The lowest BCUT2D eigenvalue weighted by Gasteiger charge is -2.26. The lowest BCUT2D eigenvalue weighted by atomic mass is 9.85. The van der Waals surface area contributed by atoms with Crippen molar-refractivity contribution in [2.45, 2.75) is 31.7 Å². The molecule has 0 unspecified atom stereocenters. The number of hydrogen-bond donors (Lipinski definition) is 1. The van der Waals surface area contributed by atoms with E-state index in [1.54, 1.807) is 22.9 Å². The topological polar surface area (TPSA) is 81.1 Å². The Morgan fingerprint density at radius 1 is 1.23 bits per heavy atom. The van der Waals surface area contributed by atoms with E-state index in [1.807, 2.05) is 6.92 Å². The molecule has 1 fully saturated rings. The van der Waals surface area contributed by atoms with Gasteiger partial charge < -0.3 is 5.32 Å². The monoisotopic (exact) mass is 413 g/mol. The summed E-state index contributed by atoms with van der Waals surface area (Å²) < 4.78 is 25.4. The standard InChI is InChI=1S/C17H17Cl2N3O3S/c1-9-15-11(16-12(18)3-2-4-13(16)19)7-14(23)20-17(15)22(21-9)10-5-6-26(24,25)8-10/h2-4,10-11H,5-8H2,1H3,(H,20,23)/t10-,11-/m1/s1. The first kappa shape index (κ1) is 17.8. The predicted octanol–water partition coefficient (Wildman–Crippen LogP) is 3.33. The van der Waals surface area contributed by atoms with E-state index < -0.39 is 9.84 Å². The maximum absolute atomic E-state index is 12.4. The average molecular weight is 414 g/mol. The smallest absolute Gasteiger partial charge is 0.226 e. The number of carbonyl (C=O) groups is 1. The van der Waals surface area contributed by atoms with E-state index in [2.05, 4.69) is 10.4 Å². The first-order valence-corrected chi connectivity index (χ1v) is 10.9. The summed E-state index contributed by atoms with van der Waals surface area (Å²) in [5, 5.41) is 8.43. The summed E-state index contributed by atoms with van der Waals surface area (Å²) in [6.07, 6.45) is 0.704. The summed E-state index contributed by atoms with van der Waals surface area (Å²) in [4.78, 5) is 12.4. The average Bonchev–Trinajstić information content (AvgIpc) is 3.06. The highest BCUT2D eigenvalue weighted by Crippen LogP contribution is 2.45. The maximum atomic E-state index is 12.4. The van der Waals surface area contributed by atoms with Crippen molar-refractivity contribution >= 4 is 44.8 Å². The van der Waals surface area contributed by atoms with Gasteiger partial charge >= 0.3 is 0 Å². The van der Waals surface area contributed by atoms with Gasteiger partial charge in [0, 0.05) is 27.9 Å². The normalized spacial score (nSPS) is 24.3. The van der Waals surface area contributed by atoms with Gasteiger partial charge in [0.15, 0.2) is 9.84 Å². The molecule has 0 spiro atoms. The van der Waals surface area contributed by atoms with Crippen molar-refractivity contribution < 1.29 is 13.2 Å². The van der Waals surface area contributed by atoms with Gasteiger partial charge in [0.2, 0.25) is 5.91 Å². The summed E-state index contributed by atoms with van der Waals surface area (Å²) in [5.41, 5.74) is 2.29. The third-order valence-corrected chi connectivity index (χ3v) is 7.44. The van der Waals surface area contributed by atoms with Crippen LogP contribution in [-0.4, -0.2) is 35.6 Å². The molecule has 26 heavy (non-hydrogen) atoms. The second-order valence-corrected chi connectivity index (χ2v) is 9.83. The number of rotatable bonds is 2. The van der Waals surface area contributed by atoms with Crippen molar-refractivity contribution in [2.75, 3.05) is 16.8 Å². The minimum Gasteiger partial charge on any atom is -0.311 e. The highest BCUT2D eigenvalue weighted by Gasteiger charge is 2.38. The molecule has 1 saturated heterocycles. The van der Waals surface area contributed by atoms with E-state index in [0.29, 0.717) is 27.8 Å². The number of carbonyl (C=O) groups excluding carboxylic acids is 1. The SMILES string of the molecule is Cc1nn([C@@H]2CCS(=O)(=O)C2)c2c1[C@H](c1c(Cl)cccc1Cl)CC(=O)N2. The summed E-state index contributed by atoms with van der Waals surface area (Å²) in [6, 6.07) is 4.98. The zero-order valence-electron chi connectivity index (χ0n) is 14.0. The molecule has 2 atom stereocenters. The van der Waals surface area contributed by atoms with E-state index in [1.165, 1.54) is 0 Å². The molecular weight excluding hydrogens is 397 g/mol. The number of aryl methyl sites for hydroxylation is 1. The van der Waals surface area contributed by atoms with Gasteiger partial charge in [-0.1, -0.05) is 29.3 Å². The predicted molar refractivity (Wildman–Crippen MR) is 101 cm³/mol. The number of nitrogens with one attached hydrogen (secondary N) is 1. The summed E-state index contributed by atoms with van der Waals surface area (Å²) in [5.74, 6) is 0.251. The van der Waals surface area contributed by atoms with Crippen molar-refractivity contribution in [1.82, 2.24) is 9.78 Å². The zero-order chi connectivity index (χ0) is 18.6. The van der Waals surface area contributed by atoms with Crippen LogP contribution in [-0.2, 0) is 14.6 Å². The number of hydrogen-bond acceptors (Lipinski definition) is 4. The Hall–Kier alpha value is -1.57. The van der Waals surface area contributed by atoms with Crippen LogP contribution < -0.4 is 5.32 Å². The zero-order valence-corrected chi connectivity index (χ0v) is 16.3. The van der Waals surface area contributed by atoms with Gasteiger partial charge in [0.25, 0.3) is 0 Å². The molecule has 3 heterocycles. The van der Waals surface area contributed by atoms with Crippen LogP contribution in [0.4, 0.5) is 5.82 Å². The third kappa shape index (κ3) is 2.92. The molecule has 0 radical (unpaired) electrons. The molecule has 138 valence electrons. The van der Waals surface area contributed by atoms with Gasteiger partial charge in [0.05, 0.1) is 23.2 Å². The van der Waals surface area contributed by atoms with Gasteiger partial charge in [-0.15, -0.1) is 0 Å². The molecule has 1 amide bonds. The summed E-state index contributed by atoms with van der Waals surface area (Å²) in [6.45, 7) is 1.86. The first-order chi connectivity index (χ1) is 12.3. The largest absolute Gasteiger partial charge is 0.311 e. The second kappa shape index (κ2) is 6.25. The second-order valence-electron chi connectivity index (χ2n) is 6.79. The Bertz CT molecular complexity index is 996. The Morgan fingerprint density at radius 2 is 1.92 bits per heavy atom. The molecule has 1 aromatic carbocycles. The fraction of sp³-hybridized carbons (Fsp3) is 0.412. The van der Waals surface area contributed by atoms with E-state index in [0.717, 1.165) is 11.3 Å². The lowest BCUT2D eigenvalue weighted by molar-refractivity contribution is -0.116. The fourth-order valence-electron chi connectivity index (χ4n) is 3.90. The van der Waals surface area contributed by atoms with E-state index >= 15 is 0 Å². The Kier molecular flexibility index (Phi) is 4.28. The molecule has 2 aliphatic rings. The molecule has 0 saturated carbocycles. The maximum Gasteiger partial charge on any atom is 0.226 e. The Balaban J connectivity index is 1.86. The number of aromatic nitrogens is 2. The Labute approximate surface area is 161 Å². The minimum absolute atomic E-state index is 0.0357. The van der Waals surface area contributed by atoms with E-state index in [9.17, 15) is 13.2 Å². The highest BCUT2D eigenvalue weighted by molar-refractivity contribution is 7.91. The van der Waals surface area contributed by atoms with E-state index in [-0.39, 0.29) is 35.8 Å². The molecule has 1 aromatic heterocycles. The number of anilines is 1. The van der Waals surface area contributed by atoms with Gasteiger partial charge in [-0.25, -0.2) is 13.1 Å². The fourth-order valence-corrected chi connectivity index (χ4v) is 6.25. The van der Waals surface area contributed by atoms with Gasteiger partial charge in [0.1, 0.15) is 5.82 Å². The molecule has 2 aromatic rings. The molecule has 9 heteroatoms.